The summed E-state index contributed by atoms with van der Waals surface area (Å²) < 4.78 is 0.767. The van der Waals surface area contributed by atoms with Crippen molar-refractivity contribution in [2.45, 2.75) is 12.0 Å². The van der Waals surface area contributed by atoms with E-state index in [-0.39, 0.29) is 5.69 Å². The summed E-state index contributed by atoms with van der Waals surface area (Å²) in [6.45, 7) is 0. The number of aliphatic carboxylic acids is 1. The smallest absolute Gasteiger partial charge is 0.330 e. The Labute approximate surface area is 116 Å². The second-order valence-electron chi connectivity index (χ2n) is 4.01. The van der Waals surface area contributed by atoms with Crippen molar-refractivity contribution in [2.24, 2.45) is 0 Å². The number of carbonyl (C=O) groups excluding carboxylic acids is 1. The Morgan fingerprint density at radius 2 is 2.28 bits per heavy atom. The van der Waals surface area contributed by atoms with Gasteiger partial charge in [-0.2, -0.15) is 11.8 Å². The van der Waals surface area contributed by atoms with Gasteiger partial charge in [0.2, 0.25) is 0 Å². The van der Waals surface area contributed by atoms with Gasteiger partial charge in [0.1, 0.15) is 11.2 Å². The molecule has 0 radical (unpaired) electrons. The summed E-state index contributed by atoms with van der Waals surface area (Å²) in [7, 11) is 0. The third kappa shape index (κ3) is 2.67. The van der Waals surface area contributed by atoms with Gasteiger partial charge in [-0.1, -0.05) is 0 Å². The van der Waals surface area contributed by atoms with Gasteiger partial charge in [-0.25, -0.2) is 9.78 Å². The first-order chi connectivity index (χ1) is 8.53. The van der Waals surface area contributed by atoms with E-state index in [1.165, 1.54) is 18.0 Å². The monoisotopic (exact) mass is 330 g/mol. The number of hydrogen-bond acceptors (Lipinski definition) is 4. The molecule has 0 spiro atoms. The summed E-state index contributed by atoms with van der Waals surface area (Å²) >= 11 is 4.75. The molecule has 1 unspecified atom stereocenters. The quantitative estimate of drug-likeness (QED) is 0.878. The summed E-state index contributed by atoms with van der Waals surface area (Å²) in [5.41, 5.74) is -0.938. The van der Waals surface area contributed by atoms with E-state index in [0.717, 1.165) is 10.2 Å². The van der Waals surface area contributed by atoms with Crippen LogP contribution in [0.25, 0.3) is 0 Å². The number of carbonyl (C=O) groups is 2. The fraction of sp³-hybridized carbons (Fsp3) is 0.364. The molecule has 1 aromatic rings. The van der Waals surface area contributed by atoms with Crippen molar-refractivity contribution in [1.82, 2.24) is 10.3 Å². The Hall–Kier alpha value is -1.08. The zero-order valence-corrected chi connectivity index (χ0v) is 11.8. The largest absolute Gasteiger partial charge is 0.479 e. The van der Waals surface area contributed by atoms with Crippen molar-refractivity contribution >= 4 is 39.6 Å². The van der Waals surface area contributed by atoms with Gasteiger partial charge < -0.3 is 10.4 Å². The number of halogens is 1. The van der Waals surface area contributed by atoms with Crippen LogP contribution in [0.3, 0.4) is 0 Å². The molecular weight excluding hydrogens is 320 g/mol. The molecule has 1 aliphatic heterocycles. The van der Waals surface area contributed by atoms with Crippen molar-refractivity contribution in [3.63, 3.8) is 0 Å². The van der Waals surface area contributed by atoms with E-state index < -0.39 is 17.4 Å². The average Bonchev–Trinajstić information content (AvgIpc) is 2.79. The van der Waals surface area contributed by atoms with Gasteiger partial charge in [0.15, 0.2) is 0 Å². The zero-order chi connectivity index (χ0) is 13.2. The van der Waals surface area contributed by atoms with Crippen molar-refractivity contribution in [1.29, 1.82) is 0 Å². The molecule has 1 fully saturated rings. The first-order valence-electron chi connectivity index (χ1n) is 5.29. The van der Waals surface area contributed by atoms with E-state index in [9.17, 15) is 14.7 Å². The summed E-state index contributed by atoms with van der Waals surface area (Å²) in [5, 5.41) is 11.8. The number of aromatic nitrogens is 1. The molecule has 96 valence electrons. The van der Waals surface area contributed by atoms with E-state index in [4.69, 9.17) is 0 Å². The highest BCUT2D eigenvalue weighted by atomic mass is 79.9. The lowest BCUT2D eigenvalue weighted by molar-refractivity contribution is -0.143. The molecule has 0 aromatic carbocycles. The molecule has 2 N–H and O–H groups in total. The van der Waals surface area contributed by atoms with Crippen molar-refractivity contribution < 1.29 is 14.7 Å². The summed E-state index contributed by atoms with van der Waals surface area (Å²) in [4.78, 5) is 27.2. The number of rotatable bonds is 3. The van der Waals surface area contributed by atoms with Gasteiger partial charge in [0, 0.05) is 16.4 Å². The first-order valence-corrected chi connectivity index (χ1v) is 7.23. The standard InChI is InChI=1S/C11H11BrN2O3S/c12-7-1-2-8(13-5-7)9(15)14-11(10(16)17)3-4-18-6-11/h1-2,5H,3-4,6H2,(H,14,15)(H,16,17). The topological polar surface area (TPSA) is 79.3 Å². The SMILES string of the molecule is O=C(NC1(C(=O)O)CCSC1)c1ccc(Br)cn1. The second-order valence-corrected chi connectivity index (χ2v) is 6.03. The van der Waals surface area contributed by atoms with Crippen LogP contribution in [-0.4, -0.2) is 39.0 Å². The maximum atomic E-state index is 12.0. The molecule has 0 aliphatic carbocycles. The van der Waals surface area contributed by atoms with Gasteiger partial charge in [-0.3, -0.25) is 4.79 Å². The molecule has 7 heteroatoms. The van der Waals surface area contributed by atoms with Crippen LogP contribution in [0.1, 0.15) is 16.9 Å². The van der Waals surface area contributed by atoms with Crippen LogP contribution in [0.15, 0.2) is 22.8 Å². The lowest BCUT2D eigenvalue weighted by Gasteiger charge is -2.24. The van der Waals surface area contributed by atoms with Gasteiger partial charge in [-0.05, 0) is 40.2 Å². The fourth-order valence-corrected chi connectivity index (χ4v) is 3.24. The molecule has 2 rings (SSSR count). The number of thioether (sulfide) groups is 1. The van der Waals surface area contributed by atoms with Crippen molar-refractivity contribution in [2.75, 3.05) is 11.5 Å². The van der Waals surface area contributed by atoms with Crippen LogP contribution >= 0.6 is 27.7 Å². The predicted molar refractivity (Wildman–Crippen MR) is 71.7 cm³/mol. The molecule has 1 aromatic heterocycles. The van der Waals surface area contributed by atoms with Crippen LogP contribution in [0.4, 0.5) is 0 Å². The summed E-state index contributed by atoms with van der Waals surface area (Å²) in [6.07, 6.45) is 1.95. The summed E-state index contributed by atoms with van der Waals surface area (Å²) in [6, 6.07) is 3.25. The highest BCUT2D eigenvalue weighted by Gasteiger charge is 2.43. The third-order valence-corrected chi connectivity index (χ3v) is 4.40. The van der Waals surface area contributed by atoms with E-state index in [1.807, 2.05) is 0 Å². The normalized spacial score (nSPS) is 22.7. The Bertz CT molecular complexity index is 472. The Morgan fingerprint density at radius 1 is 1.50 bits per heavy atom. The minimum Gasteiger partial charge on any atom is -0.479 e. The highest BCUT2D eigenvalue weighted by molar-refractivity contribution is 9.10. The highest BCUT2D eigenvalue weighted by Crippen LogP contribution is 2.28. The number of nitrogens with zero attached hydrogens (tertiary/aromatic N) is 1. The van der Waals surface area contributed by atoms with Crippen molar-refractivity contribution in [3.05, 3.63) is 28.5 Å². The van der Waals surface area contributed by atoms with Crippen LogP contribution < -0.4 is 5.32 Å². The van der Waals surface area contributed by atoms with Crippen LogP contribution in [-0.2, 0) is 4.79 Å². The van der Waals surface area contributed by atoms with Gasteiger partial charge in [0.05, 0.1) is 0 Å². The maximum absolute atomic E-state index is 12.0. The molecule has 1 atom stereocenters. The molecule has 1 amide bonds. The van der Waals surface area contributed by atoms with Crippen LogP contribution in [0, 0.1) is 0 Å². The van der Waals surface area contributed by atoms with Crippen LogP contribution in [0.2, 0.25) is 0 Å². The minimum atomic E-state index is -1.16. The number of carboxylic acids is 1. The number of nitrogens with one attached hydrogen (secondary N) is 1. The average molecular weight is 331 g/mol. The molecule has 2 heterocycles. The number of hydrogen-bond donors (Lipinski definition) is 2. The minimum absolute atomic E-state index is 0.218. The molecule has 0 saturated carbocycles. The second kappa shape index (κ2) is 5.27. The van der Waals surface area contributed by atoms with E-state index in [0.29, 0.717) is 12.2 Å². The summed E-state index contributed by atoms with van der Waals surface area (Å²) in [5.74, 6) is -0.310. The first kappa shape index (κ1) is 13.4. The number of carboxylic acid groups (broad SMARTS) is 1. The number of pyridine rings is 1. The lowest BCUT2D eigenvalue weighted by atomic mass is 9.99. The van der Waals surface area contributed by atoms with Gasteiger partial charge in [-0.15, -0.1) is 0 Å². The Morgan fingerprint density at radius 3 is 2.78 bits per heavy atom. The van der Waals surface area contributed by atoms with Gasteiger partial charge >= 0.3 is 5.97 Å². The molecule has 1 saturated heterocycles. The maximum Gasteiger partial charge on any atom is 0.330 e. The Balaban J connectivity index is 2.15. The lowest BCUT2D eigenvalue weighted by Crippen LogP contribution is -2.54. The molecule has 5 nitrogen and oxygen atoms in total. The van der Waals surface area contributed by atoms with Crippen molar-refractivity contribution in [3.8, 4) is 0 Å². The van der Waals surface area contributed by atoms with Crippen LogP contribution in [0.5, 0.6) is 0 Å². The molecular formula is C11H11BrN2O3S. The fourth-order valence-electron chi connectivity index (χ4n) is 1.68. The van der Waals surface area contributed by atoms with Gasteiger partial charge in [0.25, 0.3) is 5.91 Å². The molecule has 1 aliphatic rings. The van der Waals surface area contributed by atoms with E-state index in [1.54, 1.807) is 12.1 Å². The zero-order valence-electron chi connectivity index (χ0n) is 9.35. The Kier molecular flexibility index (Phi) is 3.91. The van der Waals surface area contributed by atoms with E-state index in [2.05, 4.69) is 26.2 Å². The number of amides is 1. The predicted octanol–water partition coefficient (Wildman–Crippen LogP) is 1.53. The molecule has 18 heavy (non-hydrogen) atoms. The third-order valence-electron chi connectivity index (χ3n) is 2.74. The van der Waals surface area contributed by atoms with E-state index >= 15 is 0 Å². The molecule has 0 bridgehead atoms.